The first-order chi connectivity index (χ1) is 17.5. The highest BCUT2D eigenvalue weighted by molar-refractivity contribution is 5.77. The lowest BCUT2D eigenvalue weighted by Gasteiger charge is -2.33. The lowest BCUT2D eigenvalue weighted by atomic mass is 9.90. The van der Waals surface area contributed by atoms with Crippen LogP contribution in [0.25, 0.3) is 0 Å². The van der Waals surface area contributed by atoms with Crippen LogP contribution >= 0.6 is 0 Å². The largest absolute Gasteiger partial charge is 0.481 e. The van der Waals surface area contributed by atoms with Crippen molar-refractivity contribution in [2.45, 2.75) is 50.6 Å². The topological polar surface area (TPSA) is 62.7 Å². The summed E-state index contributed by atoms with van der Waals surface area (Å²) in [7, 11) is 1.86. The van der Waals surface area contributed by atoms with Crippen molar-refractivity contribution in [3.63, 3.8) is 0 Å². The standard InChI is InChI=1S/C29H27F3N2O3/c1-28(2)21-9-8-15(10-18(21)26(34(28)3)17-6-4-5-7-22(17)29(30,31)32)14-37-23-12-16-11-19-24(20(16)13-33-23)25(19)27(35)36/h4-10,12-13,19,24-26H,11,14H2,1-3H3,(H,35,36). The van der Waals surface area contributed by atoms with Gasteiger partial charge in [0.1, 0.15) is 6.61 Å². The Balaban J connectivity index is 1.27. The van der Waals surface area contributed by atoms with Crippen LogP contribution in [0.3, 0.4) is 0 Å². The normalized spacial score (nSPS) is 25.4. The molecule has 2 aromatic carbocycles. The van der Waals surface area contributed by atoms with Crippen molar-refractivity contribution in [3.8, 4) is 5.88 Å². The number of rotatable bonds is 5. The summed E-state index contributed by atoms with van der Waals surface area (Å²) in [5.74, 6) is -0.377. The average Bonchev–Trinajstić information content (AvgIpc) is 3.38. The summed E-state index contributed by atoms with van der Waals surface area (Å²) in [4.78, 5) is 17.7. The fraction of sp³-hybridized carbons (Fsp3) is 0.379. The molecule has 3 aromatic rings. The Labute approximate surface area is 212 Å². The number of aliphatic carboxylic acids is 1. The summed E-state index contributed by atoms with van der Waals surface area (Å²) >= 11 is 0. The average molecular weight is 509 g/mol. The molecule has 1 aromatic heterocycles. The third kappa shape index (κ3) is 3.72. The Bertz CT molecular complexity index is 1420. The SMILES string of the molecule is CN1C(c2ccccc2C(F)(F)F)c2cc(COc3cc4c(cn3)C3C(C4)C3C(=O)O)ccc2C1(C)C. The van der Waals surface area contributed by atoms with Crippen LogP contribution in [0.4, 0.5) is 13.2 Å². The van der Waals surface area contributed by atoms with Crippen molar-refractivity contribution in [2.24, 2.45) is 11.8 Å². The molecule has 2 aliphatic carbocycles. The molecule has 1 aliphatic heterocycles. The summed E-state index contributed by atoms with van der Waals surface area (Å²) < 4.78 is 47.7. The molecule has 0 saturated heterocycles. The third-order valence-corrected chi connectivity index (χ3v) is 8.55. The zero-order chi connectivity index (χ0) is 26.3. The molecule has 5 nitrogen and oxygen atoms in total. The van der Waals surface area contributed by atoms with Gasteiger partial charge in [-0.3, -0.25) is 9.69 Å². The van der Waals surface area contributed by atoms with Gasteiger partial charge in [-0.2, -0.15) is 13.2 Å². The van der Waals surface area contributed by atoms with Crippen molar-refractivity contribution in [1.29, 1.82) is 0 Å². The first-order valence-electron chi connectivity index (χ1n) is 12.3. The summed E-state index contributed by atoms with van der Waals surface area (Å²) in [6, 6.07) is 13.0. The van der Waals surface area contributed by atoms with Crippen LogP contribution in [0.1, 0.15) is 64.8 Å². The molecule has 0 amide bonds. The van der Waals surface area contributed by atoms with Crippen LogP contribution in [0.15, 0.2) is 54.7 Å². The molecule has 1 saturated carbocycles. The number of carboxylic acids is 1. The number of hydrogen-bond donors (Lipinski definition) is 1. The van der Waals surface area contributed by atoms with E-state index in [9.17, 15) is 23.1 Å². The number of hydrogen-bond acceptors (Lipinski definition) is 4. The molecule has 2 heterocycles. The van der Waals surface area contributed by atoms with Gasteiger partial charge in [-0.1, -0.05) is 36.4 Å². The molecular weight excluding hydrogens is 481 g/mol. The lowest BCUT2D eigenvalue weighted by Crippen LogP contribution is -2.35. The number of ether oxygens (including phenoxy) is 1. The van der Waals surface area contributed by atoms with Crippen LogP contribution in [-0.4, -0.2) is 28.0 Å². The molecular formula is C29H27F3N2O3. The Morgan fingerprint density at radius 1 is 1.14 bits per heavy atom. The van der Waals surface area contributed by atoms with Gasteiger partial charge in [0.2, 0.25) is 5.88 Å². The van der Waals surface area contributed by atoms with Crippen molar-refractivity contribution in [2.75, 3.05) is 7.05 Å². The number of nitrogens with zero attached hydrogens (tertiary/aromatic N) is 2. The van der Waals surface area contributed by atoms with E-state index in [0.717, 1.165) is 40.3 Å². The monoisotopic (exact) mass is 508 g/mol. The minimum atomic E-state index is -4.45. The van der Waals surface area contributed by atoms with E-state index in [-0.39, 0.29) is 29.9 Å². The van der Waals surface area contributed by atoms with E-state index in [4.69, 9.17) is 4.74 Å². The van der Waals surface area contributed by atoms with Gasteiger partial charge < -0.3 is 9.84 Å². The van der Waals surface area contributed by atoms with Gasteiger partial charge in [-0.05, 0) is 72.7 Å². The predicted octanol–water partition coefficient (Wildman–Crippen LogP) is 5.92. The van der Waals surface area contributed by atoms with Gasteiger partial charge in [0.25, 0.3) is 0 Å². The number of halogens is 3. The van der Waals surface area contributed by atoms with Gasteiger partial charge in [-0.25, -0.2) is 4.98 Å². The van der Waals surface area contributed by atoms with Crippen LogP contribution in [0.2, 0.25) is 0 Å². The second-order valence-electron chi connectivity index (χ2n) is 10.8. The van der Waals surface area contributed by atoms with Gasteiger partial charge in [-0.15, -0.1) is 0 Å². The fourth-order valence-corrected chi connectivity index (χ4v) is 6.42. The molecule has 0 bridgehead atoms. The maximum Gasteiger partial charge on any atom is 0.416 e. The van der Waals surface area contributed by atoms with Crippen LogP contribution < -0.4 is 4.74 Å². The minimum absolute atomic E-state index is 0.0580. The van der Waals surface area contributed by atoms with E-state index in [1.54, 1.807) is 18.3 Å². The molecule has 8 heteroatoms. The zero-order valence-electron chi connectivity index (χ0n) is 20.7. The molecule has 1 fully saturated rings. The summed E-state index contributed by atoms with van der Waals surface area (Å²) in [6.45, 7) is 4.26. The van der Waals surface area contributed by atoms with Crippen LogP contribution in [0, 0.1) is 11.8 Å². The lowest BCUT2D eigenvalue weighted by molar-refractivity contribution is -0.139. The molecule has 192 valence electrons. The highest BCUT2D eigenvalue weighted by Gasteiger charge is 2.60. The molecule has 4 unspecified atom stereocenters. The minimum Gasteiger partial charge on any atom is -0.481 e. The van der Waals surface area contributed by atoms with E-state index in [2.05, 4.69) is 4.98 Å². The second kappa shape index (κ2) is 8.05. The third-order valence-electron chi connectivity index (χ3n) is 8.55. The molecule has 37 heavy (non-hydrogen) atoms. The van der Waals surface area contributed by atoms with Crippen molar-refractivity contribution < 1.29 is 27.8 Å². The maximum absolute atomic E-state index is 13.9. The molecule has 4 atom stereocenters. The van der Waals surface area contributed by atoms with Crippen molar-refractivity contribution >= 4 is 5.97 Å². The molecule has 3 aliphatic rings. The highest BCUT2D eigenvalue weighted by atomic mass is 19.4. The Morgan fingerprint density at radius 2 is 1.89 bits per heavy atom. The van der Waals surface area contributed by atoms with E-state index in [1.165, 1.54) is 6.07 Å². The zero-order valence-corrected chi connectivity index (χ0v) is 20.7. The Kier molecular flexibility index (Phi) is 5.22. The van der Waals surface area contributed by atoms with Crippen molar-refractivity contribution in [3.05, 3.63) is 93.7 Å². The van der Waals surface area contributed by atoms with Crippen LogP contribution in [-0.2, 0) is 29.5 Å². The van der Waals surface area contributed by atoms with Gasteiger partial charge in [0.05, 0.1) is 17.5 Å². The quantitative estimate of drug-likeness (QED) is 0.464. The molecule has 0 radical (unpaired) electrons. The number of carboxylic acid groups (broad SMARTS) is 1. The molecule has 6 rings (SSSR count). The smallest absolute Gasteiger partial charge is 0.416 e. The molecule has 1 N–H and O–H groups in total. The fourth-order valence-electron chi connectivity index (χ4n) is 6.42. The van der Waals surface area contributed by atoms with E-state index < -0.39 is 29.3 Å². The first-order valence-corrected chi connectivity index (χ1v) is 12.3. The number of aromatic nitrogens is 1. The number of fused-ring (bicyclic) bond motifs is 4. The summed E-state index contributed by atoms with van der Waals surface area (Å²) in [5, 5.41) is 9.31. The number of alkyl halides is 3. The number of benzene rings is 2. The number of pyridine rings is 1. The maximum atomic E-state index is 13.9. The Hall–Kier alpha value is -3.39. The first kappa shape index (κ1) is 24.0. The van der Waals surface area contributed by atoms with Crippen LogP contribution in [0.5, 0.6) is 5.88 Å². The van der Waals surface area contributed by atoms with Gasteiger partial charge in [0, 0.05) is 23.7 Å². The predicted molar refractivity (Wildman–Crippen MR) is 130 cm³/mol. The van der Waals surface area contributed by atoms with E-state index in [0.29, 0.717) is 5.88 Å². The van der Waals surface area contributed by atoms with Crippen molar-refractivity contribution in [1.82, 2.24) is 9.88 Å². The summed E-state index contributed by atoms with van der Waals surface area (Å²) in [5.41, 5.74) is 3.92. The van der Waals surface area contributed by atoms with E-state index in [1.807, 2.05) is 50.1 Å². The second-order valence-corrected chi connectivity index (χ2v) is 10.8. The molecule has 0 spiro atoms. The number of carbonyl (C=O) groups is 1. The summed E-state index contributed by atoms with van der Waals surface area (Å²) in [6.07, 6.45) is -2.01. The van der Waals surface area contributed by atoms with Gasteiger partial charge >= 0.3 is 12.1 Å². The Morgan fingerprint density at radius 3 is 2.62 bits per heavy atom. The van der Waals surface area contributed by atoms with Gasteiger partial charge in [0.15, 0.2) is 0 Å². The van der Waals surface area contributed by atoms with E-state index >= 15 is 0 Å². The highest BCUT2D eigenvalue weighted by Crippen LogP contribution is 2.61.